The van der Waals surface area contributed by atoms with Crippen molar-refractivity contribution in [2.45, 2.75) is 19.9 Å². The molecule has 0 aliphatic carbocycles. The molecular formula is C10H11N3O4. The van der Waals surface area contributed by atoms with E-state index in [9.17, 15) is 14.9 Å². The van der Waals surface area contributed by atoms with E-state index >= 15 is 0 Å². The summed E-state index contributed by atoms with van der Waals surface area (Å²) in [5, 5.41) is 10.5. The molecule has 17 heavy (non-hydrogen) atoms. The first-order valence-electron chi connectivity index (χ1n) is 4.92. The van der Waals surface area contributed by atoms with Gasteiger partial charge in [0.1, 0.15) is 18.9 Å². The van der Waals surface area contributed by atoms with Gasteiger partial charge in [-0.15, -0.1) is 0 Å². The summed E-state index contributed by atoms with van der Waals surface area (Å²) in [4.78, 5) is 24.2. The molecule has 0 N–H and O–H groups in total. The van der Waals surface area contributed by atoms with Crippen LogP contribution >= 0.6 is 0 Å². The van der Waals surface area contributed by atoms with Crippen LogP contribution < -0.4 is 0 Å². The van der Waals surface area contributed by atoms with Crippen LogP contribution in [0.1, 0.15) is 13.3 Å². The summed E-state index contributed by atoms with van der Waals surface area (Å²) in [5.41, 5.74) is 0. The molecule has 0 saturated heterocycles. The summed E-state index contributed by atoms with van der Waals surface area (Å²) < 4.78 is 6.02. The lowest BCUT2D eigenvalue weighted by atomic mass is 10.5. The Hall–Kier alpha value is -2.36. The molecule has 1 aromatic heterocycles. The zero-order valence-corrected chi connectivity index (χ0v) is 9.25. The topological polar surface area (TPSA) is 87.3 Å². The second-order valence-electron chi connectivity index (χ2n) is 2.98. The quantitative estimate of drug-likeness (QED) is 0.333. The predicted molar refractivity (Wildman–Crippen MR) is 57.9 cm³/mol. The van der Waals surface area contributed by atoms with E-state index in [-0.39, 0.29) is 25.1 Å². The molecule has 0 aliphatic rings. The molecule has 0 saturated carbocycles. The second kappa shape index (κ2) is 6.27. The Morgan fingerprint density at radius 2 is 2.41 bits per heavy atom. The van der Waals surface area contributed by atoms with E-state index < -0.39 is 4.92 Å². The van der Waals surface area contributed by atoms with Gasteiger partial charge in [0.15, 0.2) is 6.61 Å². The highest BCUT2D eigenvalue weighted by molar-refractivity contribution is 5.69. The average molecular weight is 237 g/mol. The van der Waals surface area contributed by atoms with Gasteiger partial charge in [0, 0.05) is 6.42 Å². The minimum Gasteiger partial charge on any atom is -0.452 e. The van der Waals surface area contributed by atoms with E-state index in [0.29, 0.717) is 6.42 Å². The largest absolute Gasteiger partial charge is 0.452 e. The molecule has 1 heterocycles. The third-order valence-electron chi connectivity index (χ3n) is 1.83. The Labute approximate surface area is 97.6 Å². The lowest BCUT2D eigenvalue weighted by Crippen LogP contribution is -2.03. The van der Waals surface area contributed by atoms with E-state index in [1.165, 1.54) is 17.0 Å². The minimum absolute atomic E-state index is 0.00479. The zero-order valence-electron chi connectivity index (χ0n) is 9.25. The van der Waals surface area contributed by atoms with Gasteiger partial charge in [0.05, 0.1) is 0 Å². The summed E-state index contributed by atoms with van der Waals surface area (Å²) in [6.07, 6.45) is 3.09. The average Bonchev–Trinajstić information content (AvgIpc) is 2.76. The van der Waals surface area contributed by atoms with Crippen LogP contribution in [0.3, 0.4) is 0 Å². The first kappa shape index (κ1) is 12.7. The number of hydrogen-bond donors (Lipinski definition) is 0. The van der Waals surface area contributed by atoms with Crippen molar-refractivity contribution in [2.75, 3.05) is 6.61 Å². The Morgan fingerprint density at radius 3 is 3.06 bits per heavy atom. The number of nitrogens with zero attached hydrogens (tertiary/aromatic N) is 3. The van der Waals surface area contributed by atoms with Crippen LogP contribution in [-0.2, 0) is 16.1 Å². The van der Waals surface area contributed by atoms with Crippen molar-refractivity contribution < 1.29 is 14.5 Å². The molecule has 1 aromatic rings. The van der Waals surface area contributed by atoms with Crippen LogP contribution in [0.4, 0.5) is 5.95 Å². The molecule has 7 heteroatoms. The lowest BCUT2D eigenvalue weighted by Gasteiger charge is -1.96. The minimum atomic E-state index is -0.585. The lowest BCUT2D eigenvalue weighted by molar-refractivity contribution is -0.396. The van der Waals surface area contributed by atoms with Crippen molar-refractivity contribution in [1.82, 2.24) is 9.55 Å². The number of carbonyl (C=O) groups excluding carboxylic acids is 1. The molecule has 0 fully saturated rings. The third-order valence-corrected chi connectivity index (χ3v) is 1.83. The highest BCUT2D eigenvalue weighted by Crippen LogP contribution is 2.05. The van der Waals surface area contributed by atoms with Gasteiger partial charge in [-0.1, -0.05) is 23.7 Å². The fourth-order valence-corrected chi connectivity index (χ4v) is 1.01. The van der Waals surface area contributed by atoms with Crippen LogP contribution in [0, 0.1) is 22.0 Å². The van der Waals surface area contributed by atoms with E-state index in [2.05, 4.69) is 16.8 Å². The van der Waals surface area contributed by atoms with Gasteiger partial charge < -0.3 is 14.9 Å². The van der Waals surface area contributed by atoms with E-state index in [4.69, 9.17) is 4.74 Å². The molecule has 0 aliphatic heterocycles. The molecule has 0 spiro atoms. The van der Waals surface area contributed by atoms with E-state index in [0.717, 1.165) is 0 Å². The molecule has 0 aromatic carbocycles. The van der Waals surface area contributed by atoms with Crippen LogP contribution in [0.2, 0.25) is 0 Å². The number of ether oxygens (including phenoxy) is 1. The standard InChI is InChI=1S/C10H11N3O4/c1-2-9(14)17-8-4-3-6-12-7-5-11-10(12)13(15)16/h5,7H,2,6,8H2,1H3. The Balaban J connectivity index is 2.45. The normalized spacial score (nSPS) is 9.24. The number of rotatable bonds is 4. The molecule has 1 rings (SSSR count). The van der Waals surface area contributed by atoms with Crippen molar-refractivity contribution in [3.05, 3.63) is 22.5 Å². The number of aromatic nitrogens is 2. The number of esters is 1. The van der Waals surface area contributed by atoms with Gasteiger partial charge in [-0.05, 0) is 4.92 Å². The van der Waals surface area contributed by atoms with Crippen molar-refractivity contribution >= 4 is 11.9 Å². The van der Waals surface area contributed by atoms with Crippen LogP contribution in [0.5, 0.6) is 0 Å². The Morgan fingerprint density at radius 1 is 1.65 bits per heavy atom. The van der Waals surface area contributed by atoms with Gasteiger partial charge in [0.2, 0.25) is 0 Å². The summed E-state index contributed by atoms with van der Waals surface area (Å²) in [5.74, 6) is 4.66. The molecule has 0 atom stereocenters. The van der Waals surface area contributed by atoms with Crippen molar-refractivity contribution in [2.24, 2.45) is 0 Å². The monoisotopic (exact) mass is 237 g/mol. The first-order chi connectivity index (χ1) is 8.15. The molecule has 0 radical (unpaired) electrons. The van der Waals surface area contributed by atoms with Gasteiger partial charge in [-0.25, -0.2) is 4.57 Å². The maximum absolute atomic E-state index is 10.8. The van der Waals surface area contributed by atoms with Gasteiger partial charge in [-0.3, -0.25) is 4.79 Å². The molecular weight excluding hydrogens is 226 g/mol. The zero-order chi connectivity index (χ0) is 12.7. The van der Waals surface area contributed by atoms with E-state index in [1.807, 2.05) is 0 Å². The summed E-state index contributed by atoms with van der Waals surface area (Å²) in [7, 11) is 0. The molecule has 90 valence electrons. The second-order valence-corrected chi connectivity index (χ2v) is 2.98. The number of nitro groups is 1. The first-order valence-corrected chi connectivity index (χ1v) is 4.92. The highest BCUT2D eigenvalue weighted by atomic mass is 16.6. The number of carbonyl (C=O) groups is 1. The molecule has 0 amide bonds. The smallest absolute Gasteiger partial charge is 0.435 e. The molecule has 0 unspecified atom stereocenters. The third kappa shape index (κ3) is 3.95. The fraction of sp³-hybridized carbons (Fsp3) is 0.400. The SMILES string of the molecule is CCC(=O)OCC#CCn1ccnc1[N+](=O)[O-]. The summed E-state index contributed by atoms with van der Waals surface area (Å²) >= 11 is 0. The summed E-state index contributed by atoms with van der Waals surface area (Å²) in [6, 6.07) is 0. The summed E-state index contributed by atoms with van der Waals surface area (Å²) in [6.45, 7) is 1.82. The van der Waals surface area contributed by atoms with Gasteiger partial charge in [0.25, 0.3) is 0 Å². The van der Waals surface area contributed by atoms with Gasteiger partial charge >= 0.3 is 11.9 Å². The van der Waals surface area contributed by atoms with Crippen molar-refractivity contribution in [1.29, 1.82) is 0 Å². The van der Waals surface area contributed by atoms with Crippen LogP contribution in [0.25, 0.3) is 0 Å². The van der Waals surface area contributed by atoms with E-state index in [1.54, 1.807) is 6.92 Å². The number of imidazole rings is 1. The maximum atomic E-state index is 10.8. The van der Waals surface area contributed by atoms with Crippen LogP contribution in [-0.4, -0.2) is 27.1 Å². The molecule has 7 nitrogen and oxygen atoms in total. The van der Waals surface area contributed by atoms with Crippen molar-refractivity contribution in [3.8, 4) is 11.8 Å². The highest BCUT2D eigenvalue weighted by Gasteiger charge is 2.11. The van der Waals surface area contributed by atoms with Crippen molar-refractivity contribution in [3.63, 3.8) is 0 Å². The number of hydrogen-bond acceptors (Lipinski definition) is 5. The Bertz CT molecular complexity index is 469. The predicted octanol–water partition coefficient (Wildman–Crippen LogP) is 0.748. The molecule has 0 bridgehead atoms. The Kier molecular flexibility index (Phi) is 4.69. The maximum Gasteiger partial charge on any atom is 0.435 e. The van der Waals surface area contributed by atoms with Gasteiger partial charge in [-0.2, -0.15) is 0 Å². The van der Waals surface area contributed by atoms with Crippen LogP contribution in [0.15, 0.2) is 12.4 Å². The fourth-order valence-electron chi connectivity index (χ4n) is 1.01.